The zero-order valence-corrected chi connectivity index (χ0v) is 13.8. The lowest BCUT2D eigenvalue weighted by molar-refractivity contribution is -0.121. The van der Waals surface area contributed by atoms with Crippen LogP contribution in [-0.2, 0) is 17.8 Å². The largest absolute Gasteiger partial charge is 0.478 e. The minimum Gasteiger partial charge on any atom is -0.478 e. The van der Waals surface area contributed by atoms with Gasteiger partial charge in [-0.2, -0.15) is 4.98 Å². The van der Waals surface area contributed by atoms with E-state index in [4.69, 9.17) is 14.0 Å². The van der Waals surface area contributed by atoms with Gasteiger partial charge in [-0.1, -0.05) is 5.16 Å². The number of carbonyl (C=O) groups excluding carboxylic acids is 1. The normalized spacial score (nSPS) is 10.7. The monoisotopic (exact) mass is 357 g/mol. The van der Waals surface area contributed by atoms with E-state index < -0.39 is 5.97 Å². The van der Waals surface area contributed by atoms with Crippen LogP contribution in [0.4, 0.5) is 0 Å². The van der Waals surface area contributed by atoms with E-state index in [1.807, 2.05) is 0 Å². The smallest absolute Gasteiger partial charge is 0.339 e. The van der Waals surface area contributed by atoms with Gasteiger partial charge in [-0.25, -0.2) is 14.8 Å². The molecule has 3 aromatic rings. The number of hydrogen-bond donors (Lipinski definition) is 2. The van der Waals surface area contributed by atoms with Crippen LogP contribution in [0.2, 0.25) is 0 Å². The lowest BCUT2D eigenvalue weighted by atomic mass is 10.2. The molecular formula is C16H15N5O5. The number of nitrogens with one attached hydrogen (secondary N) is 1. The second-order valence-electron chi connectivity index (χ2n) is 5.35. The van der Waals surface area contributed by atoms with E-state index in [1.165, 1.54) is 6.07 Å². The molecule has 0 saturated carbocycles. The molecule has 0 atom stereocenters. The fraction of sp³-hybridized carbons (Fsp3) is 0.250. The number of amides is 1. The van der Waals surface area contributed by atoms with Crippen LogP contribution in [0.15, 0.2) is 33.5 Å². The standard InChI is InChI=1S/C16H15N5O5/c1-9-11(16(23)24)7-10(25-9)8-19-12(22)3-4-13-20-15(21-26-13)14-17-5-2-6-18-14/h2,5-7H,3-4,8H2,1H3,(H,19,22)(H,23,24). The van der Waals surface area contributed by atoms with E-state index in [-0.39, 0.29) is 36.7 Å². The van der Waals surface area contributed by atoms with Gasteiger partial charge in [0.05, 0.1) is 6.54 Å². The first-order chi connectivity index (χ1) is 12.5. The molecule has 10 nitrogen and oxygen atoms in total. The summed E-state index contributed by atoms with van der Waals surface area (Å²) in [5.74, 6) is 0.232. The fourth-order valence-electron chi connectivity index (χ4n) is 2.20. The summed E-state index contributed by atoms with van der Waals surface area (Å²) in [5.41, 5.74) is 0.0794. The molecule has 0 spiro atoms. The third-order valence-corrected chi connectivity index (χ3v) is 3.46. The van der Waals surface area contributed by atoms with E-state index in [0.717, 1.165) is 0 Å². The van der Waals surface area contributed by atoms with Crippen LogP contribution in [0.5, 0.6) is 0 Å². The maximum Gasteiger partial charge on any atom is 0.339 e. The van der Waals surface area contributed by atoms with Crippen LogP contribution in [0, 0.1) is 6.92 Å². The van der Waals surface area contributed by atoms with Gasteiger partial charge in [-0.15, -0.1) is 0 Å². The molecule has 0 aliphatic carbocycles. The van der Waals surface area contributed by atoms with Crippen molar-refractivity contribution in [3.05, 3.63) is 47.5 Å². The molecule has 0 bridgehead atoms. The number of nitrogens with zero attached hydrogens (tertiary/aromatic N) is 4. The van der Waals surface area contributed by atoms with Crippen molar-refractivity contribution in [2.75, 3.05) is 0 Å². The van der Waals surface area contributed by atoms with Crippen LogP contribution in [0.3, 0.4) is 0 Å². The van der Waals surface area contributed by atoms with E-state index in [2.05, 4.69) is 25.4 Å². The molecule has 0 unspecified atom stereocenters. The first kappa shape index (κ1) is 17.3. The van der Waals surface area contributed by atoms with Gasteiger partial charge in [0.15, 0.2) is 0 Å². The van der Waals surface area contributed by atoms with Crippen molar-refractivity contribution >= 4 is 11.9 Å². The first-order valence-corrected chi connectivity index (χ1v) is 7.72. The van der Waals surface area contributed by atoms with Gasteiger partial charge in [0.2, 0.25) is 23.4 Å². The Morgan fingerprint density at radius 1 is 1.23 bits per heavy atom. The molecule has 26 heavy (non-hydrogen) atoms. The minimum atomic E-state index is -1.07. The van der Waals surface area contributed by atoms with Gasteiger partial charge in [0.1, 0.15) is 17.1 Å². The average Bonchev–Trinajstić information content (AvgIpc) is 3.25. The Morgan fingerprint density at radius 2 is 2.00 bits per heavy atom. The molecule has 10 heteroatoms. The molecule has 3 heterocycles. The topological polar surface area (TPSA) is 144 Å². The van der Waals surface area contributed by atoms with Gasteiger partial charge in [0.25, 0.3) is 0 Å². The van der Waals surface area contributed by atoms with Gasteiger partial charge in [0, 0.05) is 25.2 Å². The molecule has 3 aromatic heterocycles. The highest BCUT2D eigenvalue weighted by Crippen LogP contribution is 2.14. The Bertz CT molecular complexity index is 918. The number of carboxylic acids is 1. The maximum atomic E-state index is 11.9. The Labute approximate surface area is 147 Å². The molecule has 2 N–H and O–H groups in total. The fourth-order valence-corrected chi connectivity index (χ4v) is 2.20. The summed E-state index contributed by atoms with van der Waals surface area (Å²) in [6.07, 6.45) is 3.52. The SMILES string of the molecule is Cc1oc(CNC(=O)CCc2nc(-c3ncccn3)no2)cc1C(=O)O. The van der Waals surface area contributed by atoms with Gasteiger partial charge >= 0.3 is 5.97 Å². The highest BCUT2D eigenvalue weighted by molar-refractivity contribution is 5.88. The second-order valence-corrected chi connectivity index (χ2v) is 5.35. The summed E-state index contributed by atoms with van der Waals surface area (Å²) in [4.78, 5) is 35.0. The second kappa shape index (κ2) is 7.55. The summed E-state index contributed by atoms with van der Waals surface area (Å²) in [5, 5.41) is 15.4. The highest BCUT2D eigenvalue weighted by Gasteiger charge is 2.15. The molecule has 0 aliphatic heterocycles. The third kappa shape index (κ3) is 4.09. The van der Waals surface area contributed by atoms with Gasteiger partial charge in [-0.3, -0.25) is 4.79 Å². The summed E-state index contributed by atoms with van der Waals surface area (Å²) >= 11 is 0. The van der Waals surface area contributed by atoms with Crippen molar-refractivity contribution in [2.24, 2.45) is 0 Å². The number of hydrogen-bond acceptors (Lipinski definition) is 8. The molecule has 0 aliphatic rings. The van der Waals surface area contributed by atoms with Crippen LogP contribution in [-0.4, -0.2) is 37.1 Å². The van der Waals surface area contributed by atoms with E-state index in [0.29, 0.717) is 23.2 Å². The molecular weight excluding hydrogens is 342 g/mol. The van der Waals surface area contributed by atoms with Crippen molar-refractivity contribution in [1.29, 1.82) is 0 Å². The van der Waals surface area contributed by atoms with E-state index in [9.17, 15) is 9.59 Å². The zero-order chi connectivity index (χ0) is 18.5. The number of furan rings is 1. The van der Waals surface area contributed by atoms with E-state index >= 15 is 0 Å². The van der Waals surface area contributed by atoms with Crippen LogP contribution >= 0.6 is 0 Å². The molecule has 0 saturated heterocycles. The average molecular weight is 357 g/mol. The van der Waals surface area contributed by atoms with Crippen LogP contribution in [0.25, 0.3) is 11.6 Å². The van der Waals surface area contributed by atoms with Gasteiger partial charge in [-0.05, 0) is 19.1 Å². The van der Waals surface area contributed by atoms with Crippen molar-refractivity contribution < 1.29 is 23.6 Å². The number of rotatable bonds is 7. The van der Waals surface area contributed by atoms with Crippen molar-refractivity contribution in [1.82, 2.24) is 25.4 Å². The van der Waals surface area contributed by atoms with Crippen molar-refractivity contribution in [3.63, 3.8) is 0 Å². The summed E-state index contributed by atoms with van der Waals surface area (Å²) in [6, 6.07) is 3.07. The first-order valence-electron chi connectivity index (χ1n) is 7.72. The quantitative estimate of drug-likeness (QED) is 0.640. The molecule has 0 fully saturated rings. The van der Waals surface area contributed by atoms with Gasteiger partial charge < -0.3 is 19.4 Å². The number of aryl methyl sites for hydroxylation is 2. The Balaban J connectivity index is 1.49. The molecule has 0 aromatic carbocycles. The predicted molar refractivity (Wildman–Crippen MR) is 85.9 cm³/mol. The highest BCUT2D eigenvalue weighted by atomic mass is 16.5. The molecule has 134 valence electrons. The molecule has 1 amide bonds. The zero-order valence-electron chi connectivity index (χ0n) is 13.8. The molecule has 3 rings (SSSR count). The lowest BCUT2D eigenvalue weighted by Crippen LogP contribution is -2.22. The van der Waals surface area contributed by atoms with Crippen molar-refractivity contribution in [2.45, 2.75) is 26.3 Å². The predicted octanol–water partition coefficient (Wildman–Crippen LogP) is 1.38. The number of carboxylic acid groups (broad SMARTS) is 1. The third-order valence-electron chi connectivity index (χ3n) is 3.46. The van der Waals surface area contributed by atoms with Crippen LogP contribution in [0.1, 0.15) is 34.2 Å². The van der Waals surface area contributed by atoms with Crippen molar-refractivity contribution in [3.8, 4) is 11.6 Å². The maximum absolute atomic E-state index is 11.9. The Morgan fingerprint density at radius 3 is 2.69 bits per heavy atom. The van der Waals surface area contributed by atoms with E-state index in [1.54, 1.807) is 25.4 Å². The number of carbonyl (C=O) groups is 2. The Hall–Kier alpha value is -3.56. The minimum absolute atomic E-state index is 0.0794. The summed E-state index contributed by atoms with van der Waals surface area (Å²) < 4.78 is 10.4. The number of aromatic nitrogens is 4. The molecule has 0 radical (unpaired) electrons. The summed E-state index contributed by atoms with van der Waals surface area (Å²) in [6.45, 7) is 1.65. The Kier molecular flexibility index (Phi) is 5.02. The summed E-state index contributed by atoms with van der Waals surface area (Å²) in [7, 11) is 0. The van der Waals surface area contributed by atoms with Crippen LogP contribution < -0.4 is 5.32 Å². The number of aromatic carboxylic acids is 1. The lowest BCUT2D eigenvalue weighted by Gasteiger charge is -2.01.